The molecule has 1 aromatic carbocycles. The molecular formula is C15H20O2. The Balaban J connectivity index is 2.89. The number of aliphatic carboxylic acids is 1. The fourth-order valence-corrected chi connectivity index (χ4v) is 1.75. The highest BCUT2D eigenvalue weighted by atomic mass is 16.4. The maximum absolute atomic E-state index is 10.8. The zero-order valence-corrected chi connectivity index (χ0v) is 10.9. The Hall–Kier alpha value is -1.57. The molecule has 1 aromatic rings. The van der Waals surface area contributed by atoms with Gasteiger partial charge in [-0.2, -0.15) is 0 Å². The van der Waals surface area contributed by atoms with Crippen LogP contribution in [0.2, 0.25) is 0 Å². The smallest absolute Gasteiger partial charge is 0.306 e. The van der Waals surface area contributed by atoms with Crippen LogP contribution in [0.3, 0.4) is 0 Å². The number of aryl methyl sites for hydroxylation is 1. The second-order valence-corrected chi connectivity index (χ2v) is 4.71. The third-order valence-corrected chi connectivity index (χ3v) is 3.16. The molecule has 1 N–H and O–H groups in total. The van der Waals surface area contributed by atoms with Gasteiger partial charge < -0.3 is 5.11 Å². The topological polar surface area (TPSA) is 37.3 Å². The van der Waals surface area contributed by atoms with Crippen LogP contribution in [0, 0.1) is 12.8 Å². The highest BCUT2D eigenvalue weighted by Crippen LogP contribution is 2.23. The Labute approximate surface area is 103 Å². The standard InChI is InChI=1S/C15H20O2/c1-10-5-7-14(8-6-10)13(4)11(2)9-12(3)15(16)17/h5-8,12H,9H2,1-4H3,(H,16,17)/b13-11+. The summed E-state index contributed by atoms with van der Waals surface area (Å²) in [5.74, 6) is -1.06. The van der Waals surface area contributed by atoms with Crippen LogP contribution in [0.15, 0.2) is 29.8 Å². The van der Waals surface area contributed by atoms with Gasteiger partial charge in [0, 0.05) is 0 Å². The number of carbonyl (C=O) groups is 1. The van der Waals surface area contributed by atoms with Gasteiger partial charge in [-0.05, 0) is 38.3 Å². The molecule has 0 aliphatic carbocycles. The Kier molecular flexibility index (Phi) is 4.50. The van der Waals surface area contributed by atoms with E-state index in [2.05, 4.69) is 38.1 Å². The van der Waals surface area contributed by atoms with Crippen molar-refractivity contribution in [1.29, 1.82) is 0 Å². The van der Waals surface area contributed by atoms with Crippen LogP contribution in [0.4, 0.5) is 0 Å². The zero-order valence-electron chi connectivity index (χ0n) is 10.9. The molecule has 0 spiro atoms. The van der Waals surface area contributed by atoms with E-state index in [1.54, 1.807) is 6.92 Å². The minimum Gasteiger partial charge on any atom is -0.481 e. The first-order valence-electron chi connectivity index (χ1n) is 5.88. The minimum absolute atomic E-state index is 0.324. The summed E-state index contributed by atoms with van der Waals surface area (Å²) in [6.45, 7) is 7.86. The van der Waals surface area contributed by atoms with E-state index in [1.165, 1.54) is 16.7 Å². The van der Waals surface area contributed by atoms with Gasteiger partial charge >= 0.3 is 5.97 Å². The highest BCUT2D eigenvalue weighted by molar-refractivity contribution is 5.72. The third kappa shape index (κ3) is 3.74. The molecule has 2 heteroatoms. The molecule has 0 saturated carbocycles. The van der Waals surface area contributed by atoms with Crippen LogP contribution in [-0.4, -0.2) is 11.1 Å². The van der Waals surface area contributed by atoms with Crippen molar-refractivity contribution < 1.29 is 9.90 Å². The van der Waals surface area contributed by atoms with E-state index in [0.29, 0.717) is 6.42 Å². The number of carboxylic acids is 1. The lowest BCUT2D eigenvalue weighted by atomic mass is 9.95. The molecule has 0 aliphatic heterocycles. The van der Waals surface area contributed by atoms with Crippen LogP contribution < -0.4 is 0 Å². The number of rotatable bonds is 4. The highest BCUT2D eigenvalue weighted by Gasteiger charge is 2.12. The van der Waals surface area contributed by atoms with Gasteiger partial charge in [0.1, 0.15) is 0 Å². The molecule has 1 unspecified atom stereocenters. The van der Waals surface area contributed by atoms with Crippen LogP contribution in [0.5, 0.6) is 0 Å². The first-order valence-corrected chi connectivity index (χ1v) is 5.88. The number of hydrogen-bond acceptors (Lipinski definition) is 1. The Morgan fingerprint density at radius 2 is 1.76 bits per heavy atom. The average molecular weight is 232 g/mol. The maximum Gasteiger partial charge on any atom is 0.306 e. The van der Waals surface area contributed by atoms with E-state index in [-0.39, 0.29) is 5.92 Å². The lowest BCUT2D eigenvalue weighted by Crippen LogP contribution is -2.09. The summed E-state index contributed by atoms with van der Waals surface area (Å²) < 4.78 is 0. The monoisotopic (exact) mass is 232 g/mol. The molecule has 0 aliphatic rings. The van der Waals surface area contributed by atoms with E-state index in [9.17, 15) is 4.79 Å². The van der Waals surface area contributed by atoms with E-state index in [4.69, 9.17) is 5.11 Å². The summed E-state index contributed by atoms with van der Waals surface area (Å²) >= 11 is 0. The van der Waals surface area contributed by atoms with Gasteiger partial charge in [-0.1, -0.05) is 42.3 Å². The number of carboxylic acid groups (broad SMARTS) is 1. The molecule has 2 nitrogen and oxygen atoms in total. The number of allylic oxidation sites excluding steroid dienone is 2. The van der Waals surface area contributed by atoms with E-state index >= 15 is 0 Å². The number of hydrogen-bond donors (Lipinski definition) is 1. The summed E-state index contributed by atoms with van der Waals surface area (Å²) in [6.07, 6.45) is 0.606. The van der Waals surface area contributed by atoms with Crippen molar-refractivity contribution in [3.63, 3.8) is 0 Å². The van der Waals surface area contributed by atoms with Crippen LogP contribution in [-0.2, 0) is 4.79 Å². The summed E-state index contributed by atoms with van der Waals surface area (Å²) in [4.78, 5) is 10.8. The largest absolute Gasteiger partial charge is 0.481 e. The van der Waals surface area contributed by atoms with Crippen molar-refractivity contribution in [2.75, 3.05) is 0 Å². The summed E-state index contributed by atoms with van der Waals surface area (Å²) in [7, 11) is 0. The summed E-state index contributed by atoms with van der Waals surface area (Å²) in [6, 6.07) is 8.32. The van der Waals surface area contributed by atoms with Crippen molar-refractivity contribution >= 4 is 11.5 Å². The van der Waals surface area contributed by atoms with E-state index in [0.717, 1.165) is 5.57 Å². The lowest BCUT2D eigenvalue weighted by molar-refractivity contribution is -0.141. The molecule has 0 fully saturated rings. The predicted octanol–water partition coefficient (Wildman–Crippen LogP) is 3.90. The van der Waals surface area contributed by atoms with Crippen molar-refractivity contribution in [2.45, 2.75) is 34.1 Å². The second-order valence-electron chi connectivity index (χ2n) is 4.71. The van der Waals surface area contributed by atoms with E-state index in [1.807, 2.05) is 6.92 Å². The predicted molar refractivity (Wildman–Crippen MR) is 70.9 cm³/mol. The van der Waals surface area contributed by atoms with Gasteiger partial charge in [-0.15, -0.1) is 0 Å². The average Bonchev–Trinajstić information content (AvgIpc) is 2.28. The molecular weight excluding hydrogens is 212 g/mol. The molecule has 92 valence electrons. The van der Waals surface area contributed by atoms with Crippen LogP contribution >= 0.6 is 0 Å². The first kappa shape index (κ1) is 13.5. The zero-order chi connectivity index (χ0) is 13.0. The second kappa shape index (κ2) is 5.67. The van der Waals surface area contributed by atoms with Gasteiger partial charge in [0.15, 0.2) is 0 Å². The minimum atomic E-state index is -0.735. The van der Waals surface area contributed by atoms with Gasteiger partial charge in [-0.3, -0.25) is 4.79 Å². The molecule has 0 saturated heterocycles. The summed E-state index contributed by atoms with van der Waals surface area (Å²) in [5, 5.41) is 8.90. The molecule has 0 radical (unpaired) electrons. The van der Waals surface area contributed by atoms with Gasteiger partial charge in [0.25, 0.3) is 0 Å². The van der Waals surface area contributed by atoms with Crippen LogP contribution in [0.25, 0.3) is 5.57 Å². The quantitative estimate of drug-likeness (QED) is 0.854. The fourth-order valence-electron chi connectivity index (χ4n) is 1.75. The first-order chi connectivity index (χ1) is 7.91. The Morgan fingerprint density at radius 3 is 2.24 bits per heavy atom. The van der Waals surface area contributed by atoms with Crippen molar-refractivity contribution in [2.24, 2.45) is 5.92 Å². The lowest BCUT2D eigenvalue weighted by Gasteiger charge is -2.11. The van der Waals surface area contributed by atoms with Crippen molar-refractivity contribution in [1.82, 2.24) is 0 Å². The van der Waals surface area contributed by atoms with Crippen molar-refractivity contribution in [3.8, 4) is 0 Å². The molecule has 1 atom stereocenters. The van der Waals surface area contributed by atoms with Gasteiger partial charge in [0.05, 0.1) is 5.92 Å². The number of benzene rings is 1. The molecule has 17 heavy (non-hydrogen) atoms. The molecule has 0 amide bonds. The van der Waals surface area contributed by atoms with E-state index < -0.39 is 5.97 Å². The molecule has 0 bridgehead atoms. The third-order valence-electron chi connectivity index (χ3n) is 3.16. The fraction of sp³-hybridized carbons (Fsp3) is 0.400. The SMILES string of the molecule is C/C(CC(C)C(=O)O)=C(/C)c1ccc(C)cc1. The molecule has 1 rings (SSSR count). The van der Waals surface area contributed by atoms with Crippen molar-refractivity contribution in [3.05, 3.63) is 41.0 Å². The van der Waals surface area contributed by atoms with Gasteiger partial charge in [0.2, 0.25) is 0 Å². The Morgan fingerprint density at radius 1 is 1.24 bits per heavy atom. The van der Waals surface area contributed by atoms with Crippen LogP contribution in [0.1, 0.15) is 38.3 Å². The maximum atomic E-state index is 10.8. The van der Waals surface area contributed by atoms with Gasteiger partial charge in [-0.25, -0.2) is 0 Å². The summed E-state index contributed by atoms with van der Waals surface area (Å²) in [5.41, 5.74) is 4.73. The molecule has 0 aromatic heterocycles. The molecule has 0 heterocycles. The normalized spacial score (nSPS) is 14.1. The Bertz CT molecular complexity index is 427.